The molecule has 0 aliphatic heterocycles. The lowest BCUT2D eigenvalue weighted by atomic mass is 10.4. The maximum atomic E-state index is 8.24. The average Bonchev–Trinajstić information content (AvgIpc) is 2.19. The number of hydrogen-bond donors (Lipinski definition) is 1. The molecule has 1 aliphatic rings. The predicted octanol–water partition coefficient (Wildman–Crippen LogP) is 0.447. The van der Waals surface area contributed by atoms with Crippen molar-refractivity contribution in [3.8, 4) is 0 Å². The second-order valence-electron chi connectivity index (χ2n) is 1.53. The van der Waals surface area contributed by atoms with Crippen molar-refractivity contribution in [3.63, 3.8) is 0 Å². The first-order chi connectivity index (χ1) is 3.93. The molecule has 0 aromatic heterocycles. The van der Waals surface area contributed by atoms with Crippen LogP contribution in [0.25, 0.3) is 0 Å². The molecular weight excluding hydrogens is 104 g/mol. The number of allylic oxidation sites excluding steroid dienone is 2. The van der Waals surface area contributed by atoms with Gasteiger partial charge in [0.05, 0.1) is 6.10 Å². The first-order valence-corrected chi connectivity index (χ1v) is 2.51. The summed E-state index contributed by atoms with van der Waals surface area (Å²) < 4.78 is 4.78. The van der Waals surface area contributed by atoms with Crippen molar-refractivity contribution in [2.75, 3.05) is 6.79 Å². The molecule has 0 spiro atoms. The van der Waals surface area contributed by atoms with Gasteiger partial charge >= 0.3 is 0 Å². The van der Waals surface area contributed by atoms with Crippen molar-refractivity contribution in [1.29, 1.82) is 0 Å². The number of rotatable bonds is 2. The third-order valence-corrected chi connectivity index (χ3v) is 0.980. The van der Waals surface area contributed by atoms with Crippen LogP contribution in [0.3, 0.4) is 0 Å². The Labute approximate surface area is 48.1 Å². The molecule has 0 aromatic carbocycles. The zero-order valence-electron chi connectivity index (χ0n) is 4.45. The highest BCUT2D eigenvalue weighted by Crippen LogP contribution is 2.02. The fraction of sp³-hybridized carbons (Fsp3) is 0.333. The molecule has 0 unspecified atom stereocenters. The molecule has 0 bridgehead atoms. The summed E-state index contributed by atoms with van der Waals surface area (Å²) in [6, 6.07) is 0. The molecule has 2 heteroatoms. The molecule has 1 rings (SSSR count). The van der Waals surface area contributed by atoms with Crippen molar-refractivity contribution >= 4 is 0 Å². The summed E-state index contributed by atoms with van der Waals surface area (Å²) in [5.41, 5.74) is 0. The Morgan fingerprint density at radius 2 is 2.00 bits per heavy atom. The normalized spacial score (nSPS) is 18.1. The van der Waals surface area contributed by atoms with Crippen LogP contribution in [0.5, 0.6) is 0 Å². The van der Waals surface area contributed by atoms with Crippen molar-refractivity contribution in [2.24, 2.45) is 0 Å². The minimum absolute atomic E-state index is 0.000000000000000444. The molecule has 0 heterocycles. The van der Waals surface area contributed by atoms with E-state index in [1.165, 1.54) is 0 Å². The van der Waals surface area contributed by atoms with Crippen molar-refractivity contribution < 1.29 is 9.84 Å². The van der Waals surface area contributed by atoms with E-state index in [2.05, 4.69) is 0 Å². The van der Waals surface area contributed by atoms with Crippen LogP contribution < -0.4 is 0 Å². The quantitative estimate of drug-likeness (QED) is 0.525. The van der Waals surface area contributed by atoms with Gasteiger partial charge in [0.25, 0.3) is 0 Å². The standard InChI is InChI=1S/C6H8O2/c7-5-8-6-3-1-2-4-6/h1-4,6-7H,5H2. The monoisotopic (exact) mass is 112 g/mol. The zero-order valence-corrected chi connectivity index (χ0v) is 4.45. The van der Waals surface area contributed by atoms with Gasteiger partial charge in [-0.1, -0.05) is 24.3 Å². The highest BCUT2D eigenvalue weighted by molar-refractivity contribution is 5.18. The van der Waals surface area contributed by atoms with Crippen LogP contribution >= 0.6 is 0 Å². The van der Waals surface area contributed by atoms with Gasteiger partial charge in [0.15, 0.2) is 0 Å². The van der Waals surface area contributed by atoms with E-state index in [9.17, 15) is 0 Å². The van der Waals surface area contributed by atoms with Gasteiger partial charge in [-0.25, -0.2) is 0 Å². The van der Waals surface area contributed by atoms with Crippen LogP contribution in [0.4, 0.5) is 0 Å². The minimum atomic E-state index is -0.209. The summed E-state index contributed by atoms with van der Waals surface area (Å²) in [6.45, 7) is -0.209. The smallest absolute Gasteiger partial charge is 0.144 e. The Morgan fingerprint density at radius 3 is 2.50 bits per heavy atom. The fourth-order valence-corrected chi connectivity index (χ4v) is 0.609. The Bertz CT molecular complexity index is 104. The predicted molar refractivity (Wildman–Crippen MR) is 30.2 cm³/mol. The van der Waals surface area contributed by atoms with Gasteiger partial charge < -0.3 is 9.84 Å². The highest BCUT2D eigenvalue weighted by atomic mass is 16.6. The van der Waals surface area contributed by atoms with Gasteiger partial charge in [-0.15, -0.1) is 0 Å². The molecular formula is C6H8O2. The lowest BCUT2D eigenvalue weighted by molar-refractivity contribution is -0.0129. The van der Waals surface area contributed by atoms with Crippen LogP contribution in [0.1, 0.15) is 0 Å². The van der Waals surface area contributed by atoms with Crippen molar-refractivity contribution in [3.05, 3.63) is 24.3 Å². The molecule has 0 saturated heterocycles. The third-order valence-electron chi connectivity index (χ3n) is 0.980. The zero-order chi connectivity index (χ0) is 5.82. The summed E-state index contributed by atoms with van der Waals surface area (Å²) in [5.74, 6) is 0. The Kier molecular flexibility index (Phi) is 1.83. The molecule has 8 heavy (non-hydrogen) atoms. The van der Waals surface area contributed by atoms with Crippen molar-refractivity contribution in [1.82, 2.24) is 0 Å². The average molecular weight is 112 g/mol. The van der Waals surface area contributed by atoms with E-state index in [1.807, 2.05) is 24.3 Å². The minimum Gasteiger partial charge on any atom is -0.371 e. The van der Waals surface area contributed by atoms with E-state index >= 15 is 0 Å². The molecule has 0 amide bonds. The molecule has 0 aromatic rings. The second-order valence-corrected chi connectivity index (χ2v) is 1.53. The van der Waals surface area contributed by atoms with Crippen LogP contribution in [0, 0.1) is 0 Å². The first-order valence-electron chi connectivity index (χ1n) is 2.51. The first kappa shape index (κ1) is 5.54. The Balaban J connectivity index is 2.27. The van der Waals surface area contributed by atoms with Crippen LogP contribution in [0.2, 0.25) is 0 Å². The maximum absolute atomic E-state index is 8.24. The van der Waals surface area contributed by atoms with E-state index in [0.29, 0.717) is 0 Å². The summed E-state index contributed by atoms with van der Waals surface area (Å²) >= 11 is 0. The van der Waals surface area contributed by atoms with Crippen LogP contribution in [-0.2, 0) is 4.74 Å². The lowest BCUT2D eigenvalue weighted by Crippen LogP contribution is -2.04. The molecule has 1 aliphatic carbocycles. The number of aliphatic hydroxyl groups excluding tert-OH is 1. The third kappa shape index (κ3) is 1.18. The second kappa shape index (κ2) is 2.64. The summed E-state index contributed by atoms with van der Waals surface area (Å²) in [7, 11) is 0. The molecule has 44 valence electrons. The SMILES string of the molecule is OCOC1C=CC=C1. The van der Waals surface area contributed by atoms with Gasteiger partial charge in [-0.05, 0) is 0 Å². The van der Waals surface area contributed by atoms with E-state index in [4.69, 9.17) is 9.84 Å². The fourth-order valence-electron chi connectivity index (χ4n) is 0.609. The van der Waals surface area contributed by atoms with E-state index in [1.54, 1.807) is 0 Å². The van der Waals surface area contributed by atoms with E-state index < -0.39 is 0 Å². The van der Waals surface area contributed by atoms with Gasteiger partial charge in [-0.2, -0.15) is 0 Å². The number of ether oxygens (including phenoxy) is 1. The molecule has 1 N–H and O–H groups in total. The van der Waals surface area contributed by atoms with Gasteiger partial charge in [0.2, 0.25) is 0 Å². The van der Waals surface area contributed by atoms with Gasteiger partial charge in [-0.3, -0.25) is 0 Å². The summed E-state index contributed by atoms with van der Waals surface area (Å²) in [4.78, 5) is 0. The molecule has 0 saturated carbocycles. The number of aliphatic hydroxyl groups is 1. The Hall–Kier alpha value is -0.600. The largest absolute Gasteiger partial charge is 0.371 e. The molecule has 0 fully saturated rings. The maximum Gasteiger partial charge on any atom is 0.144 e. The molecule has 2 nitrogen and oxygen atoms in total. The summed E-state index contributed by atoms with van der Waals surface area (Å²) in [5, 5.41) is 8.24. The molecule has 0 atom stereocenters. The van der Waals surface area contributed by atoms with Crippen LogP contribution in [0.15, 0.2) is 24.3 Å². The van der Waals surface area contributed by atoms with Crippen molar-refractivity contribution in [2.45, 2.75) is 6.10 Å². The van der Waals surface area contributed by atoms with Crippen LogP contribution in [-0.4, -0.2) is 18.0 Å². The highest BCUT2D eigenvalue weighted by Gasteiger charge is 1.99. The Morgan fingerprint density at radius 1 is 1.38 bits per heavy atom. The molecule has 0 radical (unpaired) electrons. The topological polar surface area (TPSA) is 29.5 Å². The number of hydrogen-bond acceptors (Lipinski definition) is 2. The van der Waals surface area contributed by atoms with E-state index in [0.717, 1.165) is 0 Å². The van der Waals surface area contributed by atoms with E-state index in [-0.39, 0.29) is 12.9 Å². The lowest BCUT2D eigenvalue weighted by Gasteiger charge is -2.01. The van der Waals surface area contributed by atoms with Gasteiger partial charge in [0, 0.05) is 0 Å². The summed E-state index contributed by atoms with van der Waals surface area (Å²) in [6.07, 6.45) is 7.52. The van der Waals surface area contributed by atoms with Gasteiger partial charge in [0.1, 0.15) is 6.79 Å².